The number of esters is 2. The van der Waals surface area contributed by atoms with Crippen molar-refractivity contribution in [2.75, 3.05) is 20.2 Å². The summed E-state index contributed by atoms with van der Waals surface area (Å²) in [6, 6.07) is -0.187. The van der Waals surface area contributed by atoms with E-state index in [0.29, 0.717) is 11.8 Å². The minimum Gasteiger partial charge on any atom is -0.468 e. The maximum atomic E-state index is 12.4. The molecule has 8 atom stereocenters. The van der Waals surface area contributed by atoms with Crippen LogP contribution in [-0.2, 0) is 19.1 Å². The molecular formula is C25H39NO5. The van der Waals surface area contributed by atoms with E-state index in [9.17, 15) is 14.7 Å². The quantitative estimate of drug-likeness (QED) is 0.530. The smallest absolute Gasteiger partial charge is 0.323 e. The zero-order chi connectivity index (χ0) is 22.9. The summed E-state index contributed by atoms with van der Waals surface area (Å²) in [5.74, 6) is 0.531. The summed E-state index contributed by atoms with van der Waals surface area (Å²) in [4.78, 5) is 26.2. The predicted molar refractivity (Wildman–Crippen MR) is 118 cm³/mol. The highest BCUT2D eigenvalue weighted by Gasteiger charge is 2.53. The number of likely N-dealkylation sites (tertiary alicyclic amines) is 1. The average Bonchev–Trinajstić information content (AvgIpc) is 2.70. The number of ether oxygens (including phenoxy) is 2. The van der Waals surface area contributed by atoms with E-state index in [-0.39, 0.29) is 35.7 Å². The summed E-state index contributed by atoms with van der Waals surface area (Å²) in [7, 11) is 1.46. The van der Waals surface area contributed by atoms with E-state index in [1.54, 1.807) is 0 Å². The molecule has 174 valence electrons. The third-order valence-corrected chi connectivity index (χ3v) is 7.86. The molecular weight excluding hydrogens is 394 g/mol. The summed E-state index contributed by atoms with van der Waals surface area (Å²) in [6.45, 7) is 11.5. The molecule has 2 aliphatic carbocycles. The van der Waals surface area contributed by atoms with Crippen LogP contribution in [0.2, 0.25) is 0 Å². The fourth-order valence-electron chi connectivity index (χ4n) is 5.90. The number of carbonyl (C=O) groups is 2. The zero-order valence-electron chi connectivity index (χ0n) is 19.9. The van der Waals surface area contributed by atoms with Gasteiger partial charge in [0.1, 0.15) is 12.1 Å². The van der Waals surface area contributed by atoms with Crippen LogP contribution in [0.1, 0.15) is 60.3 Å². The molecule has 0 aromatic carbocycles. The van der Waals surface area contributed by atoms with E-state index >= 15 is 0 Å². The zero-order valence-corrected chi connectivity index (χ0v) is 19.9. The van der Waals surface area contributed by atoms with Crippen LogP contribution in [0.4, 0.5) is 0 Å². The molecule has 1 saturated carbocycles. The molecule has 0 aromatic rings. The molecule has 2 fully saturated rings. The lowest BCUT2D eigenvalue weighted by molar-refractivity contribution is -0.151. The number of carbonyl (C=O) groups excluding carboxylic acids is 2. The molecule has 31 heavy (non-hydrogen) atoms. The Kier molecular flexibility index (Phi) is 7.52. The molecule has 1 N–H and O–H groups in total. The highest BCUT2D eigenvalue weighted by Crippen LogP contribution is 2.51. The molecule has 0 amide bonds. The van der Waals surface area contributed by atoms with Gasteiger partial charge in [0.05, 0.1) is 19.1 Å². The number of aliphatic hydroxyl groups is 1. The number of nitrogens with zero attached hydrogens (tertiary/aromatic N) is 1. The van der Waals surface area contributed by atoms with Crippen molar-refractivity contribution in [3.05, 3.63) is 18.1 Å². The number of hydrogen-bond donors (Lipinski definition) is 1. The second-order valence-corrected chi connectivity index (χ2v) is 10.2. The molecule has 6 nitrogen and oxygen atoms in total. The Morgan fingerprint density at radius 1 is 1.32 bits per heavy atom. The van der Waals surface area contributed by atoms with E-state index < -0.39 is 11.7 Å². The van der Waals surface area contributed by atoms with Crippen LogP contribution in [0, 0.1) is 36.0 Å². The van der Waals surface area contributed by atoms with Crippen LogP contribution in [0.25, 0.3) is 0 Å². The molecule has 0 unspecified atom stereocenters. The standard InChI is InChI=1S/C25H39NO5/c1-15-9-10-26(22(11-15)24(28)30-6)14-17(3)20-8-7-18(4)25(29)13-23(31-19(5)27)16(2)12-21(20)25/h12,15,17-18,20-23,29H,7-11,14H2,1-6H3/t15-,17-,18-,20+,21-,22+,23-,25-/m1/s1. The van der Waals surface area contributed by atoms with Crippen LogP contribution in [0.5, 0.6) is 0 Å². The molecule has 6 heteroatoms. The first-order valence-electron chi connectivity index (χ1n) is 11.7. The Hall–Kier alpha value is -1.40. The van der Waals surface area contributed by atoms with Crippen molar-refractivity contribution in [1.82, 2.24) is 4.90 Å². The first kappa shape index (κ1) is 24.2. The SMILES string of the molecule is COC(=O)[C@@H]1C[C@H](C)CCN1C[C@@H](C)[C@@H]1CC[C@@H](C)[C@]2(O)[C][C@@H](OC(C)=O)C(C)=C[C@H]12. The summed E-state index contributed by atoms with van der Waals surface area (Å²) in [6.07, 6.45) is 8.59. The van der Waals surface area contributed by atoms with Gasteiger partial charge in [0, 0.05) is 19.4 Å². The van der Waals surface area contributed by atoms with Crippen molar-refractivity contribution in [2.45, 2.75) is 78.0 Å². The largest absolute Gasteiger partial charge is 0.468 e. The van der Waals surface area contributed by atoms with E-state index in [2.05, 4.69) is 38.2 Å². The lowest BCUT2D eigenvalue weighted by atomic mass is 9.57. The monoisotopic (exact) mass is 433 g/mol. The van der Waals surface area contributed by atoms with Gasteiger partial charge >= 0.3 is 11.9 Å². The number of hydrogen-bond acceptors (Lipinski definition) is 6. The number of rotatable bonds is 5. The van der Waals surface area contributed by atoms with Gasteiger partial charge in [-0.2, -0.15) is 0 Å². The van der Waals surface area contributed by atoms with Gasteiger partial charge < -0.3 is 14.6 Å². The second-order valence-electron chi connectivity index (χ2n) is 10.2. The molecule has 0 spiro atoms. The van der Waals surface area contributed by atoms with Crippen molar-refractivity contribution in [3.63, 3.8) is 0 Å². The number of fused-ring (bicyclic) bond motifs is 1. The van der Waals surface area contributed by atoms with Gasteiger partial charge in [-0.05, 0) is 68.4 Å². The second kappa shape index (κ2) is 9.62. The topological polar surface area (TPSA) is 76.1 Å². The fourth-order valence-corrected chi connectivity index (χ4v) is 5.90. The van der Waals surface area contributed by atoms with Crippen LogP contribution in [0.3, 0.4) is 0 Å². The van der Waals surface area contributed by atoms with E-state index in [4.69, 9.17) is 9.47 Å². The van der Waals surface area contributed by atoms with Gasteiger partial charge in [0.25, 0.3) is 0 Å². The molecule has 3 rings (SSSR count). The Balaban J connectivity index is 1.79. The first-order chi connectivity index (χ1) is 14.6. The Labute approximate surface area is 187 Å². The fraction of sp³-hybridized carbons (Fsp3) is 0.800. The van der Waals surface area contributed by atoms with E-state index in [1.165, 1.54) is 14.0 Å². The molecule has 3 aliphatic rings. The van der Waals surface area contributed by atoms with E-state index in [0.717, 1.165) is 44.3 Å². The molecule has 2 radical (unpaired) electrons. The lowest BCUT2D eigenvalue weighted by Gasteiger charge is -2.53. The van der Waals surface area contributed by atoms with E-state index in [1.807, 2.05) is 6.92 Å². The summed E-state index contributed by atoms with van der Waals surface area (Å²) < 4.78 is 10.5. The van der Waals surface area contributed by atoms with Gasteiger partial charge in [-0.1, -0.05) is 26.8 Å². The minimum absolute atomic E-state index is 0.0435. The highest BCUT2D eigenvalue weighted by atomic mass is 16.5. The van der Waals surface area contributed by atoms with Crippen molar-refractivity contribution in [3.8, 4) is 0 Å². The number of methoxy groups -OCH3 is 1. The summed E-state index contributed by atoms with van der Waals surface area (Å²) in [5, 5.41) is 11.7. The summed E-state index contributed by atoms with van der Waals surface area (Å²) in [5.41, 5.74) is -0.190. The molecule has 1 saturated heterocycles. The van der Waals surface area contributed by atoms with Gasteiger partial charge in [-0.15, -0.1) is 0 Å². The molecule has 1 heterocycles. The maximum Gasteiger partial charge on any atom is 0.323 e. The summed E-state index contributed by atoms with van der Waals surface area (Å²) >= 11 is 0. The van der Waals surface area contributed by atoms with Crippen LogP contribution in [-0.4, -0.2) is 59.9 Å². The van der Waals surface area contributed by atoms with Crippen LogP contribution >= 0.6 is 0 Å². The van der Waals surface area contributed by atoms with Crippen molar-refractivity contribution in [1.29, 1.82) is 0 Å². The van der Waals surface area contributed by atoms with Gasteiger partial charge in [-0.3, -0.25) is 14.5 Å². The van der Waals surface area contributed by atoms with Crippen molar-refractivity contribution in [2.24, 2.45) is 29.6 Å². The minimum atomic E-state index is -1.12. The van der Waals surface area contributed by atoms with Crippen LogP contribution in [0.15, 0.2) is 11.6 Å². The van der Waals surface area contributed by atoms with Gasteiger partial charge in [0.15, 0.2) is 0 Å². The Bertz CT molecular complexity index is 706. The number of piperidine rings is 1. The normalized spacial score (nSPS) is 39.8. The van der Waals surface area contributed by atoms with Crippen molar-refractivity contribution < 1.29 is 24.2 Å². The molecule has 0 bridgehead atoms. The van der Waals surface area contributed by atoms with Gasteiger partial charge in [-0.25, -0.2) is 0 Å². The van der Waals surface area contributed by atoms with Crippen molar-refractivity contribution >= 4 is 11.9 Å². The lowest BCUT2D eigenvalue weighted by Crippen LogP contribution is -2.57. The van der Waals surface area contributed by atoms with Crippen LogP contribution < -0.4 is 0 Å². The molecule has 1 aliphatic heterocycles. The predicted octanol–water partition coefficient (Wildman–Crippen LogP) is 3.26. The Morgan fingerprint density at radius 3 is 2.68 bits per heavy atom. The maximum absolute atomic E-state index is 12.4. The third-order valence-electron chi connectivity index (χ3n) is 7.86. The average molecular weight is 434 g/mol. The Morgan fingerprint density at radius 2 is 2.03 bits per heavy atom. The molecule has 0 aromatic heterocycles. The first-order valence-corrected chi connectivity index (χ1v) is 11.7. The highest BCUT2D eigenvalue weighted by molar-refractivity contribution is 5.75. The van der Waals surface area contributed by atoms with Gasteiger partial charge in [0.2, 0.25) is 0 Å². The third kappa shape index (κ3) is 5.00.